The zero-order chi connectivity index (χ0) is 18.6. The summed E-state index contributed by atoms with van der Waals surface area (Å²) in [5, 5.41) is 2.83. The van der Waals surface area contributed by atoms with Gasteiger partial charge in [-0.15, -0.1) is 0 Å². The third-order valence-electron chi connectivity index (χ3n) is 5.38. The van der Waals surface area contributed by atoms with Gasteiger partial charge in [0, 0.05) is 6.54 Å². The minimum absolute atomic E-state index is 0.0752. The normalized spacial score (nSPS) is 19.4. The predicted octanol–water partition coefficient (Wildman–Crippen LogP) is 3.07. The Hall–Kier alpha value is -2.53. The van der Waals surface area contributed by atoms with Crippen LogP contribution in [0.3, 0.4) is 0 Å². The number of ether oxygens (including phenoxy) is 3. The zero-order valence-electron chi connectivity index (χ0n) is 15.6. The molecule has 1 unspecified atom stereocenters. The summed E-state index contributed by atoms with van der Waals surface area (Å²) in [6.07, 6.45) is 3.12. The Balaban J connectivity index is 1.36. The molecule has 0 spiro atoms. The van der Waals surface area contributed by atoms with Crippen molar-refractivity contribution in [1.29, 1.82) is 0 Å². The van der Waals surface area contributed by atoms with Crippen LogP contribution in [0.15, 0.2) is 42.5 Å². The third kappa shape index (κ3) is 4.08. The molecule has 2 aromatic carbocycles. The number of amides is 1. The van der Waals surface area contributed by atoms with E-state index in [4.69, 9.17) is 14.2 Å². The fourth-order valence-corrected chi connectivity index (χ4v) is 3.90. The average molecular weight is 367 g/mol. The van der Waals surface area contributed by atoms with E-state index >= 15 is 0 Å². The molecule has 2 aromatic rings. The van der Waals surface area contributed by atoms with E-state index in [1.165, 1.54) is 11.1 Å². The first-order valence-electron chi connectivity index (χ1n) is 9.48. The van der Waals surface area contributed by atoms with Crippen molar-refractivity contribution in [1.82, 2.24) is 5.32 Å². The van der Waals surface area contributed by atoms with E-state index < -0.39 is 0 Å². The SMILES string of the molecule is COc1ccc(C2CNC(=O)CO2)cc1OCCC1Cc2ccccc2C1. The summed E-state index contributed by atoms with van der Waals surface area (Å²) in [4.78, 5) is 11.3. The van der Waals surface area contributed by atoms with Crippen LogP contribution in [0.25, 0.3) is 0 Å². The molecule has 5 nitrogen and oxygen atoms in total. The molecule has 1 atom stereocenters. The lowest BCUT2D eigenvalue weighted by Gasteiger charge is -2.24. The lowest BCUT2D eigenvalue weighted by molar-refractivity contribution is -0.133. The third-order valence-corrected chi connectivity index (χ3v) is 5.38. The molecule has 142 valence electrons. The maximum atomic E-state index is 11.3. The Morgan fingerprint density at radius 1 is 1.11 bits per heavy atom. The first kappa shape index (κ1) is 17.9. The Bertz CT molecular complexity index is 785. The predicted molar refractivity (Wildman–Crippen MR) is 102 cm³/mol. The van der Waals surface area contributed by atoms with Crippen molar-refractivity contribution >= 4 is 5.91 Å². The van der Waals surface area contributed by atoms with Gasteiger partial charge < -0.3 is 19.5 Å². The monoisotopic (exact) mass is 367 g/mol. The quantitative estimate of drug-likeness (QED) is 0.853. The lowest BCUT2D eigenvalue weighted by atomic mass is 10.0. The first-order chi connectivity index (χ1) is 13.2. The molecule has 5 heteroatoms. The number of fused-ring (bicyclic) bond motifs is 1. The van der Waals surface area contributed by atoms with Crippen molar-refractivity contribution in [2.75, 3.05) is 26.9 Å². The zero-order valence-corrected chi connectivity index (χ0v) is 15.6. The van der Waals surface area contributed by atoms with Crippen LogP contribution in [0.5, 0.6) is 11.5 Å². The molecule has 0 aromatic heterocycles. The number of rotatable bonds is 6. The van der Waals surface area contributed by atoms with Crippen LogP contribution in [0, 0.1) is 5.92 Å². The molecule has 1 fully saturated rings. The van der Waals surface area contributed by atoms with Crippen molar-refractivity contribution in [3.8, 4) is 11.5 Å². The van der Waals surface area contributed by atoms with E-state index in [2.05, 4.69) is 29.6 Å². The van der Waals surface area contributed by atoms with Crippen LogP contribution in [0.1, 0.15) is 29.2 Å². The topological polar surface area (TPSA) is 56.8 Å². The van der Waals surface area contributed by atoms with Gasteiger partial charge in [0.25, 0.3) is 0 Å². The van der Waals surface area contributed by atoms with Crippen LogP contribution in [0.2, 0.25) is 0 Å². The number of hydrogen-bond acceptors (Lipinski definition) is 4. The Morgan fingerprint density at radius 3 is 2.56 bits per heavy atom. The first-order valence-corrected chi connectivity index (χ1v) is 9.48. The fourth-order valence-electron chi connectivity index (χ4n) is 3.90. The number of carbonyl (C=O) groups excluding carboxylic acids is 1. The molecule has 1 aliphatic heterocycles. The van der Waals surface area contributed by atoms with E-state index in [0.717, 1.165) is 30.6 Å². The van der Waals surface area contributed by atoms with Crippen molar-refractivity contribution in [2.24, 2.45) is 5.92 Å². The molecule has 2 aliphatic rings. The highest BCUT2D eigenvalue weighted by atomic mass is 16.5. The average Bonchev–Trinajstić information content (AvgIpc) is 3.11. The molecule has 1 aliphatic carbocycles. The van der Waals surface area contributed by atoms with E-state index in [9.17, 15) is 4.79 Å². The second-order valence-electron chi connectivity index (χ2n) is 7.19. The van der Waals surface area contributed by atoms with Crippen molar-refractivity contribution in [3.63, 3.8) is 0 Å². The van der Waals surface area contributed by atoms with Gasteiger partial charge in [0.15, 0.2) is 11.5 Å². The number of benzene rings is 2. The molecule has 1 heterocycles. The van der Waals surface area contributed by atoms with Gasteiger partial charge in [-0.05, 0) is 54.0 Å². The van der Waals surface area contributed by atoms with Gasteiger partial charge in [-0.3, -0.25) is 4.79 Å². The summed E-state index contributed by atoms with van der Waals surface area (Å²) in [6.45, 7) is 1.22. The molecule has 0 bridgehead atoms. The highest BCUT2D eigenvalue weighted by molar-refractivity contribution is 5.77. The molecular formula is C22H25NO4. The van der Waals surface area contributed by atoms with Gasteiger partial charge in [-0.2, -0.15) is 0 Å². The number of nitrogens with one attached hydrogen (secondary N) is 1. The van der Waals surface area contributed by atoms with Gasteiger partial charge >= 0.3 is 0 Å². The van der Waals surface area contributed by atoms with Gasteiger partial charge in [0.05, 0.1) is 13.7 Å². The molecule has 1 N–H and O–H groups in total. The number of carbonyl (C=O) groups is 1. The van der Waals surface area contributed by atoms with Crippen LogP contribution in [-0.2, 0) is 22.4 Å². The van der Waals surface area contributed by atoms with E-state index in [1.807, 2.05) is 18.2 Å². The molecule has 4 rings (SSSR count). The Labute approximate surface area is 159 Å². The second-order valence-corrected chi connectivity index (χ2v) is 7.19. The smallest absolute Gasteiger partial charge is 0.246 e. The summed E-state index contributed by atoms with van der Waals surface area (Å²) < 4.78 is 17.1. The van der Waals surface area contributed by atoms with Crippen molar-refractivity contribution in [2.45, 2.75) is 25.4 Å². The summed E-state index contributed by atoms with van der Waals surface area (Å²) in [5.74, 6) is 2.00. The maximum Gasteiger partial charge on any atom is 0.246 e. The molecule has 0 saturated carbocycles. The molecule has 1 saturated heterocycles. The van der Waals surface area contributed by atoms with Crippen LogP contribution in [-0.4, -0.2) is 32.8 Å². The van der Waals surface area contributed by atoms with Gasteiger partial charge in [-0.1, -0.05) is 30.3 Å². The van der Waals surface area contributed by atoms with Crippen molar-refractivity contribution in [3.05, 3.63) is 59.2 Å². The molecule has 27 heavy (non-hydrogen) atoms. The highest BCUT2D eigenvalue weighted by Crippen LogP contribution is 2.33. The number of hydrogen-bond donors (Lipinski definition) is 1. The summed E-state index contributed by atoms with van der Waals surface area (Å²) in [7, 11) is 1.65. The minimum Gasteiger partial charge on any atom is -0.493 e. The standard InChI is InChI=1S/C22H25NO4/c1-25-19-7-6-18(21-13-23-22(24)14-27-21)12-20(19)26-9-8-15-10-16-4-2-3-5-17(16)11-15/h2-7,12,15,21H,8-11,13-14H2,1H3,(H,23,24). The molecule has 0 radical (unpaired) electrons. The summed E-state index contributed by atoms with van der Waals surface area (Å²) in [6, 6.07) is 14.5. The van der Waals surface area contributed by atoms with Gasteiger partial charge in [0.2, 0.25) is 5.91 Å². The highest BCUT2D eigenvalue weighted by Gasteiger charge is 2.23. The van der Waals surface area contributed by atoms with Crippen LogP contribution in [0.4, 0.5) is 0 Å². The summed E-state index contributed by atoms with van der Waals surface area (Å²) in [5.41, 5.74) is 3.93. The lowest BCUT2D eigenvalue weighted by Crippen LogP contribution is -2.38. The Kier molecular flexibility index (Phi) is 5.30. The molecule has 1 amide bonds. The number of methoxy groups -OCH3 is 1. The Morgan fingerprint density at radius 2 is 1.89 bits per heavy atom. The van der Waals surface area contributed by atoms with E-state index in [0.29, 0.717) is 24.8 Å². The van der Waals surface area contributed by atoms with Crippen LogP contribution >= 0.6 is 0 Å². The second kappa shape index (κ2) is 8.01. The van der Waals surface area contributed by atoms with E-state index in [-0.39, 0.29) is 18.6 Å². The maximum absolute atomic E-state index is 11.3. The summed E-state index contributed by atoms with van der Waals surface area (Å²) >= 11 is 0. The van der Waals surface area contributed by atoms with Gasteiger partial charge in [-0.25, -0.2) is 0 Å². The van der Waals surface area contributed by atoms with Crippen LogP contribution < -0.4 is 14.8 Å². The van der Waals surface area contributed by atoms with Crippen molar-refractivity contribution < 1.29 is 19.0 Å². The molecular weight excluding hydrogens is 342 g/mol. The van der Waals surface area contributed by atoms with E-state index in [1.54, 1.807) is 7.11 Å². The number of morpholine rings is 1. The largest absolute Gasteiger partial charge is 0.493 e. The minimum atomic E-state index is -0.153. The van der Waals surface area contributed by atoms with Gasteiger partial charge in [0.1, 0.15) is 12.7 Å². The fraction of sp³-hybridized carbons (Fsp3) is 0.409.